The number of benzene rings is 1. The van der Waals surface area contributed by atoms with Crippen LogP contribution in [0.25, 0.3) is 0 Å². The predicted molar refractivity (Wildman–Crippen MR) is 88.2 cm³/mol. The fourth-order valence-corrected chi connectivity index (χ4v) is 3.15. The Morgan fingerprint density at radius 1 is 1.48 bits per heavy atom. The maximum atomic E-state index is 11.2. The highest BCUT2D eigenvalue weighted by Gasteiger charge is 2.35. The molecular weight excluding hydrogens is 294 g/mol. The Balaban J connectivity index is 2.13. The van der Waals surface area contributed by atoms with E-state index in [2.05, 4.69) is 26.1 Å². The smallest absolute Gasteiger partial charge is 0.293 e. The van der Waals surface area contributed by atoms with Crippen molar-refractivity contribution >= 4 is 11.4 Å². The molecule has 0 saturated carbocycles. The number of hydrogen-bond acceptors (Lipinski definition) is 5. The van der Waals surface area contributed by atoms with Crippen molar-refractivity contribution in [3.05, 3.63) is 33.9 Å². The SMILES string of the molecule is CC(C)(C)C1OCCCC1CNc1ccc(C#N)cc1[N+](=O)[O-]. The first-order chi connectivity index (χ1) is 10.8. The van der Waals surface area contributed by atoms with Crippen molar-refractivity contribution in [2.45, 2.75) is 39.7 Å². The van der Waals surface area contributed by atoms with Crippen LogP contribution in [-0.4, -0.2) is 24.2 Å². The zero-order valence-electron chi connectivity index (χ0n) is 13.8. The second-order valence-corrected chi connectivity index (χ2v) is 7.04. The lowest BCUT2D eigenvalue weighted by Gasteiger charge is -2.40. The Labute approximate surface area is 136 Å². The van der Waals surface area contributed by atoms with Gasteiger partial charge in [-0.05, 0) is 30.4 Å². The number of rotatable bonds is 4. The zero-order chi connectivity index (χ0) is 17.0. The Morgan fingerprint density at radius 3 is 2.83 bits per heavy atom. The van der Waals surface area contributed by atoms with E-state index >= 15 is 0 Å². The average Bonchev–Trinajstić information content (AvgIpc) is 2.52. The van der Waals surface area contributed by atoms with Crippen molar-refractivity contribution in [2.24, 2.45) is 11.3 Å². The molecule has 2 atom stereocenters. The molecule has 23 heavy (non-hydrogen) atoms. The number of nitrogens with one attached hydrogen (secondary N) is 1. The van der Waals surface area contributed by atoms with E-state index in [0.29, 0.717) is 18.2 Å². The molecule has 1 aromatic carbocycles. The fourth-order valence-electron chi connectivity index (χ4n) is 3.15. The monoisotopic (exact) mass is 317 g/mol. The van der Waals surface area contributed by atoms with Gasteiger partial charge in [-0.1, -0.05) is 20.8 Å². The summed E-state index contributed by atoms with van der Waals surface area (Å²) in [6.07, 6.45) is 2.18. The van der Waals surface area contributed by atoms with Crippen LogP contribution >= 0.6 is 0 Å². The molecule has 124 valence electrons. The molecule has 1 N–H and O–H groups in total. The fraction of sp³-hybridized carbons (Fsp3) is 0.588. The highest BCUT2D eigenvalue weighted by Crippen LogP contribution is 2.35. The molecule has 1 fully saturated rings. The van der Waals surface area contributed by atoms with E-state index in [1.54, 1.807) is 12.1 Å². The van der Waals surface area contributed by atoms with E-state index in [1.165, 1.54) is 6.07 Å². The molecule has 2 rings (SSSR count). The van der Waals surface area contributed by atoms with Gasteiger partial charge < -0.3 is 10.1 Å². The largest absolute Gasteiger partial charge is 0.379 e. The Hall–Kier alpha value is -2.13. The van der Waals surface area contributed by atoms with Crippen LogP contribution < -0.4 is 5.32 Å². The first-order valence-corrected chi connectivity index (χ1v) is 7.87. The van der Waals surface area contributed by atoms with Crippen LogP contribution in [0.5, 0.6) is 0 Å². The summed E-state index contributed by atoms with van der Waals surface area (Å²) in [4.78, 5) is 10.7. The van der Waals surface area contributed by atoms with E-state index in [1.807, 2.05) is 6.07 Å². The normalized spacial score (nSPS) is 21.5. The van der Waals surface area contributed by atoms with Gasteiger partial charge in [0, 0.05) is 25.1 Å². The number of nitriles is 1. The van der Waals surface area contributed by atoms with Crippen molar-refractivity contribution in [3.63, 3.8) is 0 Å². The molecule has 1 aliphatic heterocycles. The van der Waals surface area contributed by atoms with Crippen LogP contribution in [0.4, 0.5) is 11.4 Å². The highest BCUT2D eigenvalue weighted by atomic mass is 16.6. The summed E-state index contributed by atoms with van der Waals surface area (Å²) >= 11 is 0. The molecule has 0 aromatic heterocycles. The van der Waals surface area contributed by atoms with E-state index in [0.717, 1.165) is 19.4 Å². The molecule has 1 aliphatic rings. The molecule has 0 radical (unpaired) electrons. The van der Waals surface area contributed by atoms with Gasteiger partial charge in [-0.2, -0.15) is 5.26 Å². The van der Waals surface area contributed by atoms with Crippen molar-refractivity contribution in [1.82, 2.24) is 0 Å². The van der Waals surface area contributed by atoms with Gasteiger partial charge in [0.25, 0.3) is 5.69 Å². The van der Waals surface area contributed by atoms with Gasteiger partial charge in [0.15, 0.2) is 0 Å². The van der Waals surface area contributed by atoms with Gasteiger partial charge in [0.05, 0.1) is 22.7 Å². The summed E-state index contributed by atoms with van der Waals surface area (Å²) in [7, 11) is 0. The number of nitrogens with zero attached hydrogens (tertiary/aromatic N) is 2. The second kappa shape index (κ2) is 6.97. The van der Waals surface area contributed by atoms with Gasteiger partial charge in [-0.15, -0.1) is 0 Å². The third-order valence-corrected chi connectivity index (χ3v) is 4.18. The third kappa shape index (κ3) is 4.20. The summed E-state index contributed by atoms with van der Waals surface area (Å²) in [6.45, 7) is 7.85. The number of nitro benzene ring substituents is 1. The summed E-state index contributed by atoms with van der Waals surface area (Å²) < 4.78 is 5.94. The molecule has 1 saturated heterocycles. The van der Waals surface area contributed by atoms with Crippen LogP contribution in [0.15, 0.2) is 18.2 Å². The Bertz CT molecular complexity index is 616. The van der Waals surface area contributed by atoms with Crippen molar-refractivity contribution in [2.75, 3.05) is 18.5 Å². The average molecular weight is 317 g/mol. The number of anilines is 1. The first kappa shape index (κ1) is 17.2. The van der Waals surface area contributed by atoms with E-state index < -0.39 is 4.92 Å². The molecular formula is C17H23N3O3. The zero-order valence-corrected chi connectivity index (χ0v) is 13.8. The molecule has 0 aliphatic carbocycles. The van der Waals surface area contributed by atoms with Crippen molar-refractivity contribution in [3.8, 4) is 6.07 Å². The summed E-state index contributed by atoms with van der Waals surface area (Å²) in [5.74, 6) is 0.305. The topological polar surface area (TPSA) is 88.2 Å². The van der Waals surface area contributed by atoms with Crippen LogP contribution in [-0.2, 0) is 4.74 Å². The maximum Gasteiger partial charge on any atom is 0.293 e. The number of ether oxygens (including phenoxy) is 1. The Kier molecular flexibility index (Phi) is 5.22. The number of nitro groups is 1. The molecule has 2 unspecified atom stereocenters. The van der Waals surface area contributed by atoms with Crippen molar-refractivity contribution in [1.29, 1.82) is 5.26 Å². The van der Waals surface area contributed by atoms with E-state index in [4.69, 9.17) is 10.00 Å². The van der Waals surface area contributed by atoms with Crippen LogP contribution in [0, 0.1) is 32.8 Å². The lowest BCUT2D eigenvalue weighted by atomic mass is 9.78. The second-order valence-electron chi connectivity index (χ2n) is 7.04. The molecule has 0 bridgehead atoms. The molecule has 6 nitrogen and oxygen atoms in total. The summed E-state index contributed by atoms with van der Waals surface area (Å²) in [6, 6.07) is 6.43. The lowest BCUT2D eigenvalue weighted by molar-refractivity contribution is -0.384. The van der Waals surface area contributed by atoms with Crippen LogP contribution in [0.3, 0.4) is 0 Å². The van der Waals surface area contributed by atoms with Gasteiger partial charge in [-0.25, -0.2) is 0 Å². The minimum Gasteiger partial charge on any atom is -0.379 e. The van der Waals surface area contributed by atoms with E-state index in [-0.39, 0.29) is 22.8 Å². The van der Waals surface area contributed by atoms with Crippen molar-refractivity contribution < 1.29 is 9.66 Å². The molecule has 1 heterocycles. The number of hydrogen-bond donors (Lipinski definition) is 1. The first-order valence-electron chi connectivity index (χ1n) is 7.87. The van der Waals surface area contributed by atoms with Gasteiger partial charge >= 0.3 is 0 Å². The molecule has 0 amide bonds. The Morgan fingerprint density at radius 2 is 2.22 bits per heavy atom. The minimum absolute atomic E-state index is 0.0311. The third-order valence-electron chi connectivity index (χ3n) is 4.18. The van der Waals surface area contributed by atoms with Gasteiger partial charge in [0.2, 0.25) is 0 Å². The maximum absolute atomic E-state index is 11.2. The highest BCUT2D eigenvalue weighted by molar-refractivity contribution is 5.64. The quantitative estimate of drug-likeness (QED) is 0.675. The van der Waals surface area contributed by atoms with E-state index in [9.17, 15) is 10.1 Å². The van der Waals surface area contributed by atoms with Gasteiger partial charge in [-0.3, -0.25) is 10.1 Å². The standard InChI is InChI=1S/C17H23N3O3/c1-17(2,3)16-13(5-4-8-23-16)11-19-14-7-6-12(10-18)9-15(14)20(21)22/h6-7,9,13,16,19H,4-5,8,11H2,1-3H3. The summed E-state index contributed by atoms with van der Waals surface area (Å²) in [5.41, 5.74) is 0.708. The van der Waals surface area contributed by atoms with Gasteiger partial charge in [0.1, 0.15) is 5.69 Å². The molecule has 1 aromatic rings. The lowest BCUT2D eigenvalue weighted by Crippen LogP contribution is -2.42. The predicted octanol–water partition coefficient (Wildman–Crippen LogP) is 3.72. The minimum atomic E-state index is -0.457. The van der Waals surface area contributed by atoms with Crippen LogP contribution in [0.1, 0.15) is 39.2 Å². The molecule has 0 spiro atoms. The summed E-state index contributed by atoms with van der Waals surface area (Å²) in [5, 5.41) is 23.3. The molecule has 6 heteroatoms. The van der Waals surface area contributed by atoms with Crippen LogP contribution in [0.2, 0.25) is 0 Å².